The molecule has 0 amide bonds. The molecule has 6 heteroatoms. The maximum atomic E-state index is 13.7. The third kappa shape index (κ3) is 2.87. The molecule has 0 radical (unpaired) electrons. The van der Waals surface area contributed by atoms with E-state index in [1.807, 2.05) is 18.0 Å². The van der Waals surface area contributed by atoms with Gasteiger partial charge in [0.2, 0.25) is 0 Å². The summed E-state index contributed by atoms with van der Waals surface area (Å²) in [6.45, 7) is 3.09. The Balaban J connectivity index is 1.20. The number of hydrogen-bond acceptors (Lipinski definition) is 4. The third-order valence-electron chi connectivity index (χ3n) is 5.28. The second-order valence-electron chi connectivity index (χ2n) is 7.23. The number of halogens is 1. The first-order valence-electron chi connectivity index (χ1n) is 8.89. The number of aromatic amines is 1. The van der Waals surface area contributed by atoms with Crippen molar-refractivity contribution < 1.29 is 9.13 Å². The summed E-state index contributed by atoms with van der Waals surface area (Å²) in [5.41, 5.74) is 2.56. The van der Waals surface area contributed by atoms with Crippen molar-refractivity contribution in [2.75, 3.05) is 18.8 Å². The second-order valence-corrected chi connectivity index (χ2v) is 8.72. The Kier molecular flexibility index (Phi) is 3.90. The smallest absolute Gasteiger partial charge is 0.250 e. The van der Waals surface area contributed by atoms with Gasteiger partial charge in [-0.25, -0.2) is 9.37 Å². The highest BCUT2D eigenvalue weighted by Gasteiger charge is 2.49. The van der Waals surface area contributed by atoms with E-state index in [1.165, 1.54) is 22.5 Å². The van der Waals surface area contributed by atoms with Crippen LogP contribution in [0.3, 0.4) is 0 Å². The van der Waals surface area contributed by atoms with Gasteiger partial charge in [0.25, 0.3) is 5.88 Å². The molecule has 2 aliphatic heterocycles. The highest BCUT2D eigenvalue weighted by atomic mass is 32.2. The van der Waals surface area contributed by atoms with Crippen LogP contribution in [0.15, 0.2) is 48.8 Å². The summed E-state index contributed by atoms with van der Waals surface area (Å²) >= 11 is 1.96. The minimum atomic E-state index is -0.381. The van der Waals surface area contributed by atoms with Crippen LogP contribution in [0.25, 0.3) is 10.9 Å². The fraction of sp³-hybridized carbons (Fsp3) is 0.350. The molecule has 2 aromatic heterocycles. The summed E-state index contributed by atoms with van der Waals surface area (Å²) in [6.07, 6.45) is 4.57. The molecule has 0 unspecified atom stereocenters. The summed E-state index contributed by atoms with van der Waals surface area (Å²) < 4.78 is 19.8. The van der Waals surface area contributed by atoms with Gasteiger partial charge >= 0.3 is 0 Å². The van der Waals surface area contributed by atoms with Crippen molar-refractivity contribution in [1.82, 2.24) is 14.9 Å². The van der Waals surface area contributed by atoms with Crippen molar-refractivity contribution in [3.63, 3.8) is 0 Å². The quantitative estimate of drug-likeness (QED) is 0.759. The van der Waals surface area contributed by atoms with Crippen LogP contribution in [0.5, 0.6) is 5.88 Å². The van der Waals surface area contributed by atoms with Crippen molar-refractivity contribution in [2.24, 2.45) is 0 Å². The molecule has 2 saturated heterocycles. The molecule has 1 atom stereocenters. The van der Waals surface area contributed by atoms with Gasteiger partial charge in [0.05, 0.1) is 0 Å². The number of H-pyrrole nitrogens is 1. The Hall–Kier alpha value is -2.05. The van der Waals surface area contributed by atoms with Crippen LogP contribution in [0.1, 0.15) is 12.0 Å². The summed E-state index contributed by atoms with van der Waals surface area (Å²) in [5.74, 6) is 0.649. The van der Waals surface area contributed by atoms with Gasteiger partial charge in [-0.1, -0.05) is 12.1 Å². The minimum Gasteiger partial charge on any atom is -0.471 e. The molecular weight excluding hydrogens is 349 g/mol. The zero-order valence-electron chi connectivity index (χ0n) is 14.3. The van der Waals surface area contributed by atoms with Crippen molar-refractivity contribution in [2.45, 2.75) is 23.8 Å². The molecule has 1 aromatic carbocycles. The summed E-state index contributed by atoms with van der Waals surface area (Å²) in [7, 11) is 0. The van der Waals surface area contributed by atoms with Gasteiger partial charge in [0.1, 0.15) is 6.10 Å². The van der Waals surface area contributed by atoms with Crippen molar-refractivity contribution in [3.8, 4) is 5.88 Å². The first-order valence-corrected chi connectivity index (χ1v) is 9.88. The van der Waals surface area contributed by atoms with Crippen LogP contribution in [0.4, 0.5) is 4.39 Å². The number of fused-ring (bicyclic) bond motifs is 1. The Labute approximate surface area is 155 Å². The molecular formula is C20H20FN3OS. The number of thioether (sulfide) groups is 1. The lowest BCUT2D eigenvalue weighted by molar-refractivity contribution is 0.0899. The lowest BCUT2D eigenvalue weighted by Crippen LogP contribution is -2.58. The molecule has 3 aromatic rings. The minimum absolute atomic E-state index is 0.0413. The number of benzene rings is 1. The average Bonchev–Trinajstić information content (AvgIpc) is 3.24. The Bertz CT molecular complexity index is 937. The van der Waals surface area contributed by atoms with Gasteiger partial charge in [-0.15, -0.1) is 11.8 Å². The molecule has 0 aliphatic carbocycles. The normalized spacial score (nSPS) is 22.0. The molecule has 1 N–H and O–H groups in total. The zero-order chi connectivity index (χ0) is 17.6. The Morgan fingerprint density at radius 2 is 2.19 bits per heavy atom. The van der Waals surface area contributed by atoms with E-state index < -0.39 is 0 Å². The van der Waals surface area contributed by atoms with Crippen LogP contribution in [0.2, 0.25) is 0 Å². The molecule has 2 aliphatic rings. The van der Waals surface area contributed by atoms with Gasteiger partial charge in [0, 0.05) is 59.9 Å². The van der Waals surface area contributed by atoms with Crippen LogP contribution in [-0.2, 0) is 6.54 Å². The molecule has 1 spiro atoms. The van der Waals surface area contributed by atoms with Gasteiger partial charge in [0.15, 0.2) is 5.82 Å². The number of aromatic nitrogens is 2. The predicted octanol–water partition coefficient (Wildman–Crippen LogP) is 3.84. The van der Waals surface area contributed by atoms with E-state index in [9.17, 15) is 4.39 Å². The Morgan fingerprint density at radius 3 is 3.08 bits per heavy atom. The highest BCUT2D eigenvalue weighted by Crippen LogP contribution is 2.46. The molecule has 0 saturated carbocycles. The maximum Gasteiger partial charge on any atom is 0.250 e. The van der Waals surface area contributed by atoms with E-state index in [0.717, 1.165) is 31.8 Å². The van der Waals surface area contributed by atoms with Gasteiger partial charge < -0.3 is 9.72 Å². The lowest BCUT2D eigenvalue weighted by Gasteiger charge is -2.47. The van der Waals surface area contributed by atoms with Crippen LogP contribution in [-0.4, -0.2) is 44.6 Å². The van der Waals surface area contributed by atoms with Gasteiger partial charge in [-0.3, -0.25) is 4.90 Å². The SMILES string of the molecule is Fc1cccnc1O[C@@H]1CSC2(C1)CN(Cc1cccc3[nH]ccc13)C2. The molecule has 5 rings (SSSR count). The largest absolute Gasteiger partial charge is 0.471 e. The monoisotopic (exact) mass is 369 g/mol. The molecule has 134 valence electrons. The maximum absolute atomic E-state index is 13.7. The average molecular weight is 369 g/mol. The van der Waals surface area contributed by atoms with Crippen LogP contribution < -0.4 is 4.74 Å². The molecule has 4 nitrogen and oxygen atoms in total. The molecule has 26 heavy (non-hydrogen) atoms. The van der Waals surface area contributed by atoms with Gasteiger partial charge in [-0.05, 0) is 29.8 Å². The van der Waals surface area contributed by atoms with E-state index in [-0.39, 0.29) is 22.5 Å². The molecule has 4 heterocycles. The van der Waals surface area contributed by atoms with E-state index >= 15 is 0 Å². The first kappa shape index (κ1) is 16.1. The molecule has 2 fully saturated rings. The summed E-state index contributed by atoms with van der Waals surface area (Å²) in [6, 6.07) is 11.6. The fourth-order valence-corrected chi connectivity index (χ4v) is 5.70. The fourth-order valence-electron chi connectivity index (χ4n) is 4.12. The van der Waals surface area contributed by atoms with E-state index in [1.54, 1.807) is 12.3 Å². The zero-order valence-corrected chi connectivity index (χ0v) is 15.1. The van der Waals surface area contributed by atoms with E-state index in [4.69, 9.17) is 4.74 Å². The summed E-state index contributed by atoms with van der Waals surface area (Å²) in [5, 5.41) is 1.30. The lowest BCUT2D eigenvalue weighted by atomic mass is 9.92. The summed E-state index contributed by atoms with van der Waals surface area (Å²) in [4.78, 5) is 9.77. The third-order valence-corrected chi connectivity index (χ3v) is 6.86. The highest BCUT2D eigenvalue weighted by molar-refractivity contribution is 8.01. The first-order chi connectivity index (χ1) is 12.7. The number of nitrogens with zero attached hydrogens (tertiary/aromatic N) is 2. The van der Waals surface area contributed by atoms with Crippen LogP contribution in [0, 0.1) is 5.82 Å². The second kappa shape index (κ2) is 6.28. The topological polar surface area (TPSA) is 41.1 Å². The number of pyridine rings is 1. The van der Waals surface area contributed by atoms with E-state index in [0.29, 0.717) is 0 Å². The molecule has 0 bridgehead atoms. The number of nitrogens with one attached hydrogen (secondary N) is 1. The number of hydrogen-bond donors (Lipinski definition) is 1. The number of likely N-dealkylation sites (tertiary alicyclic amines) is 1. The standard InChI is InChI=1S/C20H20FN3OS/c21-17-4-2-7-23-19(17)25-15-9-20(26-11-15)12-24(13-20)10-14-3-1-5-18-16(14)6-8-22-18/h1-8,15,22H,9-13H2/t15-/m0/s1. The predicted molar refractivity (Wildman–Crippen MR) is 102 cm³/mol. The van der Waals surface area contributed by atoms with Crippen molar-refractivity contribution in [1.29, 1.82) is 0 Å². The van der Waals surface area contributed by atoms with E-state index in [2.05, 4.69) is 39.1 Å². The van der Waals surface area contributed by atoms with Crippen LogP contribution >= 0.6 is 11.8 Å². The Morgan fingerprint density at radius 1 is 1.27 bits per heavy atom. The van der Waals surface area contributed by atoms with Gasteiger partial charge in [-0.2, -0.15) is 0 Å². The number of ether oxygens (including phenoxy) is 1. The van der Waals surface area contributed by atoms with Crippen molar-refractivity contribution in [3.05, 3.63) is 60.2 Å². The van der Waals surface area contributed by atoms with Crippen molar-refractivity contribution >= 4 is 22.7 Å². The number of rotatable bonds is 4.